The van der Waals surface area contributed by atoms with Crippen LogP contribution in [0, 0.1) is 0 Å². The molecule has 1 aromatic rings. The molecular weight excluding hydrogens is 236 g/mol. The topological polar surface area (TPSA) is 63.4 Å². The van der Waals surface area contributed by atoms with Crippen LogP contribution in [0.25, 0.3) is 0 Å². The maximum atomic E-state index is 11.3. The van der Waals surface area contributed by atoms with Gasteiger partial charge in [-0.3, -0.25) is 9.59 Å². The fourth-order valence-electron chi connectivity index (χ4n) is 1.70. The standard InChI is InChI=1S/C12H14N2O2S/c13-10(15)7-14-11(16)6-12(14)17-8-9-4-2-1-3-5-9/h1-5,12H,6-8H2,(H2,13,15). The van der Waals surface area contributed by atoms with Crippen molar-refractivity contribution in [2.75, 3.05) is 6.54 Å². The molecule has 0 bridgehead atoms. The van der Waals surface area contributed by atoms with Gasteiger partial charge in [0.05, 0.1) is 11.8 Å². The summed E-state index contributed by atoms with van der Waals surface area (Å²) in [5, 5.41) is 0.0928. The van der Waals surface area contributed by atoms with E-state index in [0.29, 0.717) is 6.42 Å². The number of carbonyl (C=O) groups excluding carboxylic acids is 2. The minimum atomic E-state index is -0.455. The highest BCUT2D eigenvalue weighted by molar-refractivity contribution is 7.99. The molecular formula is C12H14N2O2S. The smallest absolute Gasteiger partial charge is 0.237 e. The van der Waals surface area contributed by atoms with Crippen molar-refractivity contribution in [3.63, 3.8) is 0 Å². The number of amides is 2. The molecule has 0 aromatic heterocycles. The highest BCUT2D eigenvalue weighted by Gasteiger charge is 2.36. The van der Waals surface area contributed by atoms with E-state index in [9.17, 15) is 9.59 Å². The average molecular weight is 250 g/mol. The number of rotatable bonds is 5. The number of hydrogen-bond donors (Lipinski definition) is 1. The van der Waals surface area contributed by atoms with Crippen molar-refractivity contribution in [2.24, 2.45) is 5.73 Å². The number of hydrogen-bond acceptors (Lipinski definition) is 3. The van der Waals surface area contributed by atoms with Crippen LogP contribution in [-0.4, -0.2) is 28.6 Å². The summed E-state index contributed by atoms with van der Waals surface area (Å²) in [6.07, 6.45) is 0.505. The second kappa shape index (κ2) is 5.23. The minimum Gasteiger partial charge on any atom is -0.368 e. The molecule has 90 valence electrons. The van der Waals surface area contributed by atoms with Gasteiger partial charge < -0.3 is 10.6 Å². The van der Waals surface area contributed by atoms with Gasteiger partial charge in [0.2, 0.25) is 11.8 Å². The Morgan fingerprint density at radius 3 is 2.71 bits per heavy atom. The van der Waals surface area contributed by atoms with Gasteiger partial charge in [0, 0.05) is 5.75 Å². The molecule has 17 heavy (non-hydrogen) atoms. The van der Waals surface area contributed by atoms with Gasteiger partial charge in [-0.25, -0.2) is 0 Å². The lowest BCUT2D eigenvalue weighted by Crippen LogP contribution is -2.53. The number of nitrogens with two attached hydrogens (primary N) is 1. The van der Waals surface area contributed by atoms with E-state index in [1.54, 1.807) is 11.8 Å². The van der Waals surface area contributed by atoms with E-state index in [1.807, 2.05) is 30.3 Å². The number of nitrogens with zero attached hydrogens (tertiary/aromatic N) is 1. The van der Waals surface area contributed by atoms with Crippen LogP contribution < -0.4 is 5.73 Å². The third-order valence-corrected chi connectivity index (χ3v) is 3.93. The Bertz CT molecular complexity index is 422. The maximum absolute atomic E-state index is 11.3. The van der Waals surface area contributed by atoms with E-state index in [2.05, 4.69) is 0 Å². The molecule has 1 fully saturated rings. The normalized spacial score (nSPS) is 18.9. The van der Waals surface area contributed by atoms with E-state index >= 15 is 0 Å². The predicted octanol–water partition coefficient (Wildman–Crippen LogP) is 0.963. The van der Waals surface area contributed by atoms with Crippen LogP contribution in [-0.2, 0) is 15.3 Å². The number of β-lactam (4-membered cyclic amide) rings is 1. The highest BCUT2D eigenvalue weighted by Crippen LogP contribution is 2.31. The van der Waals surface area contributed by atoms with Crippen molar-refractivity contribution in [3.05, 3.63) is 35.9 Å². The monoisotopic (exact) mass is 250 g/mol. The van der Waals surface area contributed by atoms with Gasteiger partial charge in [0.1, 0.15) is 6.54 Å². The van der Waals surface area contributed by atoms with Gasteiger partial charge in [-0.1, -0.05) is 30.3 Å². The summed E-state index contributed by atoms with van der Waals surface area (Å²) in [6, 6.07) is 10.0. The lowest BCUT2D eigenvalue weighted by Gasteiger charge is -2.39. The molecule has 1 unspecified atom stereocenters. The quantitative estimate of drug-likeness (QED) is 0.792. The second-order valence-corrected chi connectivity index (χ2v) is 5.11. The van der Waals surface area contributed by atoms with E-state index < -0.39 is 5.91 Å². The Morgan fingerprint density at radius 2 is 2.12 bits per heavy atom. The summed E-state index contributed by atoms with van der Waals surface area (Å²) in [4.78, 5) is 23.6. The molecule has 1 heterocycles. The van der Waals surface area contributed by atoms with E-state index in [0.717, 1.165) is 5.75 Å². The molecule has 2 amide bonds. The SMILES string of the molecule is NC(=O)CN1C(=O)CC1SCc1ccccc1. The van der Waals surface area contributed by atoms with Crippen LogP contribution in [0.1, 0.15) is 12.0 Å². The highest BCUT2D eigenvalue weighted by atomic mass is 32.2. The molecule has 0 radical (unpaired) electrons. The summed E-state index contributed by atoms with van der Waals surface area (Å²) in [6.45, 7) is 0.0330. The van der Waals surface area contributed by atoms with E-state index in [4.69, 9.17) is 5.73 Å². The maximum Gasteiger partial charge on any atom is 0.237 e. The van der Waals surface area contributed by atoms with Crippen molar-refractivity contribution < 1.29 is 9.59 Å². The van der Waals surface area contributed by atoms with Crippen LogP contribution in [0.3, 0.4) is 0 Å². The van der Waals surface area contributed by atoms with Crippen molar-refractivity contribution in [2.45, 2.75) is 17.5 Å². The van der Waals surface area contributed by atoms with E-state index in [1.165, 1.54) is 10.5 Å². The van der Waals surface area contributed by atoms with Crippen LogP contribution in [0.4, 0.5) is 0 Å². The fourth-order valence-corrected chi connectivity index (χ4v) is 2.91. The van der Waals surface area contributed by atoms with Gasteiger partial charge in [-0.05, 0) is 5.56 Å². The molecule has 1 aliphatic rings. The lowest BCUT2D eigenvalue weighted by atomic mass is 10.2. The summed E-state index contributed by atoms with van der Waals surface area (Å²) in [7, 11) is 0. The first-order valence-electron chi connectivity index (χ1n) is 5.40. The van der Waals surface area contributed by atoms with Crippen molar-refractivity contribution >= 4 is 23.6 Å². The van der Waals surface area contributed by atoms with Crippen molar-refractivity contribution in [1.29, 1.82) is 0 Å². The molecule has 2 rings (SSSR count). The first-order valence-corrected chi connectivity index (χ1v) is 6.45. The fraction of sp³-hybridized carbons (Fsp3) is 0.333. The number of likely N-dealkylation sites (tertiary alicyclic amines) is 1. The van der Waals surface area contributed by atoms with Crippen LogP contribution in [0.5, 0.6) is 0 Å². The van der Waals surface area contributed by atoms with Crippen LogP contribution in [0.15, 0.2) is 30.3 Å². The second-order valence-electron chi connectivity index (χ2n) is 3.94. The average Bonchev–Trinajstić information content (AvgIpc) is 2.33. The summed E-state index contributed by atoms with van der Waals surface area (Å²) in [5.41, 5.74) is 6.31. The molecule has 5 heteroatoms. The molecule has 1 aromatic carbocycles. The Morgan fingerprint density at radius 1 is 1.41 bits per heavy atom. The summed E-state index contributed by atoms with van der Waals surface area (Å²) in [5.74, 6) is 0.395. The number of primary amides is 1. The zero-order chi connectivity index (χ0) is 12.3. The minimum absolute atomic E-state index is 0.00867. The van der Waals surface area contributed by atoms with Gasteiger partial charge in [-0.2, -0.15) is 0 Å². The third-order valence-electron chi connectivity index (χ3n) is 2.63. The Labute approximate surface area is 104 Å². The lowest BCUT2D eigenvalue weighted by molar-refractivity contribution is -0.144. The van der Waals surface area contributed by atoms with Crippen LogP contribution >= 0.6 is 11.8 Å². The van der Waals surface area contributed by atoms with Gasteiger partial charge >= 0.3 is 0 Å². The molecule has 2 N–H and O–H groups in total. The molecule has 0 aliphatic carbocycles. The predicted molar refractivity (Wildman–Crippen MR) is 67.0 cm³/mol. The Kier molecular flexibility index (Phi) is 3.68. The zero-order valence-electron chi connectivity index (χ0n) is 9.33. The number of thioether (sulfide) groups is 1. The molecule has 1 saturated heterocycles. The third kappa shape index (κ3) is 3.00. The first-order chi connectivity index (χ1) is 8.16. The number of benzene rings is 1. The molecule has 4 nitrogen and oxygen atoms in total. The Balaban J connectivity index is 1.84. The van der Waals surface area contributed by atoms with Gasteiger partial charge in [-0.15, -0.1) is 11.8 Å². The molecule has 0 saturated carbocycles. The largest absolute Gasteiger partial charge is 0.368 e. The van der Waals surface area contributed by atoms with Crippen LogP contribution in [0.2, 0.25) is 0 Å². The van der Waals surface area contributed by atoms with Gasteiger partial charge in [0.15, 0.2) is 0 Å². The molecule has 1 aliphatic heterocycles. The Hall–Kier alpha value is -1.49. The summed E-state index contributed by atoms with van der Waals surface area (Å²) >= 11 is 1.67. The zero-order valence-corrected chi connectivity index (χ0v) is 10.2. The molecule has 1 atom stereocenters. The van der Waals surface area contributed by atoms with E-state index in [-0.39, 0.29) is 17.8 Å². The summed E-state index contributed by atoms with van der Waals surface area (Å²) < 4.78 is 0. The van der Waals surface area contributed by atoms with Gasteiger partial charge in [0.25, 0.3) is 0 Å². The first kappa shape index (κ1) is 12.0. The van der Waals surface area contributed by atoms with Crippen molar-refractivity contribution in [3.8, 4) is 0 Å². The number of carbonyl (C=O) groups is 2. The van der Waals surface area contributed by atoms with Crippen molar-refractivity contribution in [1.82, 2.24) is 4.90 Å². The molecule has 0 spiro atoms.